The fourth-order valence-corrected chi connectivity index (χ4v) is 3.01. The molecule has 26 heavy (non-hydrogen) atoms. The second kappa shape index (κ2) is 9.50. The number of aliphatic imine (C=N–C) groups is 1. The van der Waals surface area contributed by atoms with E-state index in [1.165, 1.54) is 0 Å². The van der Waals surface area contributed by atoms with E-state index in [1.807, 2.05) is 35.8 Å². The molecule has 0 saturated heterocycles. The molecule has 0 fully saturated rings. The van der Waals surface area contributed by atoms with Gasteiger partial charge in [0.1, 0.15) is 0 Å². The summed E-state index contributed by atoms with van der Waals surface area (Å²) in [6.07, 6.45) is 1.87. The van der Waals surface area contributed by atoms with Gasteiger partial charge in [0.05, 0.1) is 22.2 Å². The van der Waals surface area contributed by atoms with E-state index in [1.54, 1.807) is 31.3 Å². The molecule has 2 aromatic rings. The predicted molar refractivity (Wildman–Crippen MR) is 107 cm³/mol. The summed E-state index contributed by atoms with van der Waals surface area (Å²) in [7, 11) is 5.62. The van der Waals surface area contributed by atoms with Crippen LogP contribution in [0.2, 0.25) is 10.0 Å². The molecular weight excluding hydrogens is 373 g/mol. The summed E-state index contributed by atoms with van der Waals surface area (Å²) in [4.78, 5) is 18.4. The lowest BCUT2D eigenvalue weighted by Crippen LogP contribution is -2.42. The molecule has 140 valence electrons. The highest BCUT2D eigenvalue weighted by molar-refractivity contribution is 6.33. The number of aryl methyl sites for hydroxylation is 1. The van der Waals surface area contributed by atoms with E-state index in [-0.39, 0.29) is 5.91 Å². The summed E-state index contributed by atoms with van der Waals surface area (Å²) in [6, 6.07) is 8.89. The molecule has 0 spiro atoms. The van der Waals surface area contributed by atoms with Crippen LogP contribution in [0.25, 0.3) is 0 Å². The fraction of sp³-hybridized carbons (Fsp3) is 0.333. The second-order valence-electron chi connectivity index (χ2n) is 5.83. The Hall–Kier alpha value is -2.18. The molecular formula is C18H23Cl2N5O. The van der Waals surface area contributed by atoms with E-state index in [4.69, 9.17) is 23.2 Å². The van der Waals surface area contributed by atoms with Gasteiger partial charge in [-0.05, 0) is 18.2 Å². The van der Waals surface area contributed by atoms with Gasteiger partial charge in [-0.1, -0.05) is 35.3 Å². The van der Waals surface area contributed by atoms with Gasteiger partial charge in [0.2, 0.25) is 0 Å². The van der Waals surface area contributed by atoms with Crippen LogP contribution in [0.1, 0.15) is 16.1 Å². The van der Waals surface area contributed by atoms with Gasteiger partial charge in [0.15, 0.2) is 5.96 Å². The van der Waals surface area contributed by atoms with Crippen LogP contribution in [0.15, 0.2) is 41.5 Å². The summed E-state index contributed by atoms with van der Waals surface area (Å²) in [5.74, 6) is 0.536. The molecule has 0 aliphatic heterocycles. The summed E-state index contributed by atoms with van der Waals surface area (Å²) >= 11 is 12.0. The van der Waals surface area contributed by atoms with E-state index >= 15 is 0 Å². The van der Waals surface area contributed by atoms with Crippen molar-refractivity contribution in [1.29, 1.82) is 0 Å². The van der Waals surface area contributed by atoms with E-state index in [2.05, 4.69) is 15.6 Å². The zero-order chi connectivity index (χ0) is 19.1. The minimum atomic E-state index is -0.195. The number of amides is 1. The van der Waals surface area contributed by atoms with Crippen molar-refractivity contribution < 1.29 is 4.79 Å². The van der Waals surface area contributed by atoms with Gasteiger partial charge < -0.3 is 20.1 Å². The van der Waals surface area contributed by atoms with Gasteiger partial charge in [-0.15, -0.1) is 0 Å². The molecule has 0 aliphatic rings. The van der Waals surface area contributed by atoms with E-state index in [0.717, 1.165) is 11.7 Å². The van der Waals surface area contributed by atoms with Crippen molar-refractivity contribution in [1.82, 2.24) is 20.1 Å². The molecule has 0 radical (unpaired) electrons. The largest absolute Gasteiger partial charge is 0.354 e. The van der Waals surface area contributed by atoms with Gasteiger partial charge in [0.25, 0.3) is 5.91 Å². The number of hydrogen-bond donors (Lipinski definition) is 2. The minimum absolute atomic E-state index is 0.195. The van der Waals surface area contributed by atoms with Crippen molar-refractivity contribution in [3.05, 3.63) is 57.8 Å². The van der Waals surface area contributed by atoms with Crippen molar-refractivity contribution in [2.45, 2.75) is 6.54 Å². The topological polar surface area (TPSA) is 61.7 Å². The van der Waals surface area contributed by atoms with Crippen molar-refractivity contribution in [3.63, 3.8) is 0 Å². The summed E-state index contributed by atoms with van der Waals surface area (Å²) < 4.78 is 1.98. The van der Waals surface area contributed by atoms with Crippen molar-refractivity contribution in [2.24, 2.45) is 12.0 Å². The van der Waals surface area contributed by atoms with Crippen LogP contribution in [-0.2, 0) is 13.6 Å². The van der Waals surface area contributed by atoms with Crippen molar-refractivity contribution in [2.75, 3.05) is 27.2 Å². The first-order valence-corrected chi connectivity index (χ1v) is 8.93. The van der Waals surface area contributed by atoms with Gasteiger partial charge in [-0.25, -0.2) is 0 Å². The highest BCUT2D eigenvalue weighted by atomic mass is 35.5. The first-order valence-electron chi connectivity index (χ1n) is 8.17. The smallest absolute Gasteiger partial charge is 0.252 e. The number of rotatable bonds is 6. The molecule has 2 rings (SSSR count). The molecule has 0 unspecified atom stereocenters. The average Bonchev–Trinajstić information content (AvgIpc) is 2.92. The third-order valence-electron chi connectivity index (χ3n) is 3.86. The Bertz CT molecular complexity index is 788. The average molecular weight is 396 g/mol. The fourth-order valence-electron chi connectivity index (χ4n) is 2.52. The summed E-state index contributed by atoms with van der Waals surface area (Å²) in [6.45, 7) is 1.66. The quantitative estimate of drug-likeness (QED) is 0.449. The number of nitrogens with one attached hydrogen (secondary N) is 2. The third kappa shape index (κ3) is 5.41. The van der Waals surface area contributed by atoms with E-state index in [9.17, 15) is 4.79 Å². The maximum Gasteiger partial charge on any atom is 0.252 e. The molecule has 1 heterocycles. The number of hydrogen-bond acceptors (Lipinski definition) is 2. The number of carbonyl (C=O) groups is 1. The Balaban J connectivity index is 1.81. The lowest BCUT2D eigenvalue weighted by Gasteiger charge is -2.22. The lowest BCUT2D eigenvalue weighted by molar-refractivity contribution is 0.0954. The lowest BCUT2D eigenvalue weighted by atomic mass is 10.2. The predicted octanol–water partition coefficient (Wildman–Crippen LogP) is 2.77. The van der Waals surface area contributed by atoms with Crippen LogP contribution in [0, 0.1) is 0 Å². The van der Waals surface area contributed by atoms with Gasteiger partial charge in [-0.2, -0.15) is 0 Å². The SMILES string of the molecule is CN=C(NCCNC(=O)c1ccccc1Cl)N(C)Cc1cc(Cl)cn1C. The monoisotopic (exact) mass is 395 g/mol. The maximum atomic E-state index is 12.1. The van der Waals surface area contributed by atoms with Gasteiger partial charge in [-0.3, -0.25) is 9.79 Å². The second-order valence-corrected chi connectivity index (χ2v) is 6.67. The molecule has 6 nitrogen and oxygen atoms in total. The summed E-state index contributed by atoms with van der Waals surface area (Å²) in [5, 5.41) is 7.21. The number of aromatic nitrogens is 1. The number of carbonyl (C=O) groups excluding carboxylic acids is 1. The normalized spacial score (nSPS) is 11.3. The Labute approximate surface area is 163 Å². The van der Waals surface area contributed by atoms with E-state index < -0.39 is 0 Å². The number of guanidine groups is 1. The highest BCUT2D eigenvalue weighted by Gasteiger charge is 2.11. The third-order valence-corrected chi connectivity index (χ3v) is 4.40. The van der Waals surface area contributed by atoms with Gasteiger partial charge >= 0.3 is 0 Å². The van der Waals surface area contributed by atoms with Crippen LogP contribution in [0.3, 0.4) is 0 Å². The molecule has 0 bridgehead atoms. The van der Waals surface area contributed by atoms with E-state index in [0.29, 0.717) is 35.2 Å². The molecule has 2 N–H and O–H groups in total. The van der Waals surface area contributed by atoms with Crippen LogP contribution >= 0.6 is 23.2 Å². The minimum Gasteiger partial charge on any atom is -0.354 e. The zero-order valence-corrected chi connectivity index (χ0v) is 16.6. The molecule has 0 saturated carbocycles. The number of nitrogens with zero attached hydrogens (tertiary/aromatic N) is 3. The molecule has 1 aromatic heterocycles. The van der Waals surface area contributed by atoms with Crippen LogP contribution in [-0.4, -0.2) is 48.5 Å². The van der Waals surface area contributed by atoms with Crippen molar-refractivity contribution in [3.8, 4) is 0 Å². The van der Waals surface area contributed by atoms with Crippen molar-refractivity contribution >= 4 is 35.1 Å². The Kier molecular flexibility index (Phi) is 7.36. The Morgan fingerprint density at radius 1 is 1.23 bits per heavy atom. The van der Waals surface area contributed by atoms with Crippen LogP contribution in [0.4, 0.5) is 0 Å². The number of benzene rings is 1. The Morgan fingerprint density at radius 3 is 2.54 bits per heavy atom. The van der Waals surface area contributed by atoms with Gasteiger partial charge in [0, 0.05) is 46.1 Å². The standard InChI is InChI=1S/C18H23Cl2N5O/c1-21-18(25(3)12-14-10-13(19)11-24(14)2)23-9-8-22-17(26)15-6-4-5-7-16(15)20/h4-7,10-11H,8-9,12H2,1-3H3,(H,21,23)(H,22,26). The first-order chi connectivity index (χ1) is 12.4. The molecule has 1 amide bonds. The molecule has 0 aliphatic carbocycles. The summed E-state index contributed by atoms with van der Waals surface area (Å²) in [5.41, 5.74) is 1.55. The molecule has 8 heteroatoms. The maximum absolute atomic E-state index is 12.1. The molecule has 1 aromatic carbocycles. The van der Waals surface area contributed by atoms with Crippen LogP contribution < -0.4 is 10.6 Å². The Morgan fingerprint density at radius 2 is 1.92 bits per heavy atom. The highest BCUT2D eigenvalue weighted by Crippen LogP contribution is 2.15. The molecule has 0 atom stereocenters. The van der Waals surface area contributed by atoms with Crippen LogP contribution in [0.5, 0.6) is 0 Å². The number of halogens is 2. The first kappa shape index (κ1) is 20.1. The zero-order valence-electron chi connectivity index (χ0n) is 15.1.